The summed E-state index contributed by atoms with van der Waals surface area (Å²) in [5.41, 5.74) is 2.27. The first-order valence-electron chi connectivity index (χ1n) is 4.19. The molecule has 0 unspecified atom stereocenters. The molecular weight excluding hydrogens is 243 g/mol. The lowest BCUT2D eigenvalue weighted by Crippen LogP contribution is -2.05. The topological polar surface area (TPSA) is 12.0 Å². The molecule has 1 N–H and O–H groups in total. The van der Waals surface area contributed by atoms with E-state index in [4.69, 9.17) is 23.2 Å². The molecule has 0 bridgehead atoms. The predicted molar refractivity (Wildman–Crippen MR) is 59.5 cm³/mol. The highest BCUT2D eigenvalue weighted by atomic mass is 35.5. The third-order valence-corrected chi connectivity index (χ3v) is 2.41. The van der Waals surface area contributed by atoms with Gasteiger partial charge in [0, 0.05) is 18.1 Å². The lowest BCUT2D eigenvalue weighted by Gasteiger charge is -2.09. The summed E-state index contributed by atoms with van der Waals surface area (Å²) in [6.45, 7) is 2.13. The molecule has 0 amide bonds. The van der Waals surface area contributed by atoms with Gasteiger partial charge in [-0.25, -0.2) is 8.78 Å². The van der Waals surface area contributed by atoms with E-state index in [2.05, 4.69) is 5.32 Å². The molecule has 82 valence electrons. The molecule has 0 aliphatic rings. The number of halogens is 4. The van der Waals surface area contributed by atoms with Crippen LogP contribution in [0.5, 0.6) is 0 Å². The number of hydrogen-bond donors (Lipinski definition) is 1. The summed E-state index contributed by atoms with van der Waals surface area (Å²) < 4.78 is 25.9. The summed E-state index contributed by atoms with van der Waals surface area (Å²) >= 11 is 11.1. The minimum atomic E-state index is -0.720. The second-order valence-corrected chi connectivity index (χ2v) is 3.68. The molecule has 5 heteroatoms. The zero-order chi connectivity index (χ0) is 11.4. The molecule has 15 heavy (non-hydrogen) atoms. The van der Waals surface area contributed by atoms with Crippen molar-refractivity contribution in [2.45, 2.75) is 6.92 Å². The van der Waals surface area contributed by atoms with Gasteiger partial charge in [0.25, 0.3) is 0 Å². The molecule has 0 fully saturated rings. The fourth-order valence-corrected chi connectivity index (χ4v) is 1.32. The normalized spacial score (nSPS) is 11.7. The van der Waals surface area contributed by atoms with Crippen molar-refractivity contribution < 1.29 is 8.78 Å². The fraction of sp³-hybridized carbons (Fsp3) is 0.200. The SMILES string of the molecule is CC(=CCl)CNc1c(F)cc(F)cc1Cl. The van der Waals surface area contributed by atoms with Gasteiger partial charge in [-0.05, 0) is 18.6 Å². The van der Waals surface area contributed by atoms with Crippen LogP contribution in [-0.4, -0.2) is 6.54 Å². The van der Waals surface area contributed by atoms with Gasteiger partial charge in [0.15, 0.2) is 5.82 Å². The Morgan fingerprint density at radius 3 is 2.67 bits per heavy atom. The zero-order valence-corrected chi connectivity index (χ0v) is 9.46. The maximum atomic E-state index is 13.2. The summed E-state index contributed by atoms with van der Waals surface area (Å²) in [5.74, 6) is -1.42. The Hall–Kier alpha value is -0.800. The van der Waals surface area contributed by atoms with Gasteiger partial charge in [0.05, 0.1) is 10.7 Å². The Labute approximate surface area is 96.7 Å². The highest BCUT2D eigenvalue weighted by Gasteiger charge is 2.09. The summed E-state index contributed by atoms with van der Waals surface area (Å²) in [6, 6.07) is 1.82. The third-order valence-electron chi connectivity index (χ3n) is 1.74. The van der Waals surface area contributed by atoms with Gasteiger partial charge in [0.1, 0.15) is 5.82 Å². The van der Waals surface area contributed by atoms with Gasteiger partial charge in [-0.3, -0.25) is 0 Å². The fourth-order valence-electron chi connectivity index (χ4n) is 0.977. The predicted octanol–water partition coefficient (Wildman–Crippen LogP) is 4.17. The van der Waals surface area contributed by atoms with Crippen molar-refractivity contribution in [2.75, 3.05) is 11.9 Å². The van der Waals surface area contributed by atoms with Crippen molar-refractivity contribution in [2.24, 2.45) is 0 Å². The quantitative estimate of drug-likeness (QED) is 0.851. The molecule has 1 aromatic rings. The second kappa shape index (κ2) is 5.33. The third kappa shape index (κ3) is 3.36. The van der Waals surface area contributed by atoms with Crippen LogP contribution in [0.4, 0.5) is 14.5 Å². The molecule has 0 atom stereocenters. The van der Waals surface area contributed by atoms with E-state index in [-0.39, 0.29) is 10.7 Å². The molecule has 0 aliphatic carbocycles. The van der Waals surface area contributed by atoms with Gasteiger partial charge >= 0.3 is 0 Å². The monoisotopic (exact) mass is 251 g/mol. The first-order valence-corrected chi connectivity index (χ1v) is 5.00. The lowest BCUT2D eigenvalue weighted by atomic mass is 10.2. The van der Waals surface area contributed by atoms with Crippen molar-refractivity contribution in [1.29, 1.82) is 0 Å². The van der Waals surface area contributed by atoms with E-state index in [0.717, 1.165) is 17.7 Å². The van der Waals surface area contributed by atoms with Gasteiger partial charge in [0.2, 0.25) is 0 Å². The van der Waals surface area contributed by atoms with Crippen LogP contribution in [0, 0.1) is 11.6 Å². The van der Waals surface area contributed by atoms with Gasteiger partial charge in [-0.15, -0.1) is 0 Å². The van der Waals surface area contributed by atoms with Crippen molar-refractivity contribution >= 4 is 28.9 Å². The van der Waals surface area contributed by atoms with E-state index in [1.54, 1.807) is 6.92 Å². The Morgan fingerprint density at radius 1 is 1.47 bits per heavy atom. The van der Waals surface area contributed by atoms with E-state index < -0.39 is 11.6 Å². The molecule has 0 heterocycles. The van der Waals surface area contributed by atoms with Crippen LogP contribution in [0.2, 0.25) is 5.02 Å². The van der Waals surface area contributed by atoms with E-state index in [1.807, 2.05) is 0 Å². The molecule has 0 saturated carbocycles. The van der Waals surface area contributed by atoms with E-state index in [0.29, 0.717) is 6.54 Å². The van der Waals surface area contributed by atoms with Crippen LogP contribution in [0.3, 0.4) is 0 Å². The molecule has 0 radical (unpaired) electrons. The summed E-state index contributed by atoms with van der Waals surface area (Å²) in [5, 5.41) is 2.74. The maximum absolute atomic E-state index is 13.2. The van der Waals surface area contributed by atoms with Crippen LogP contribution < -0.4 is 5.32 Å². The minimum absolute atomic E-state index is 0.00914. The highest BCUT2D eigenvalue weighted by Crippen LogP contribution is 2.26. The average Bonchev–Trinajstić information content (AvgIpc) is 2.15. The summed E-state index contributed by atoms with van der Waals surface area (Å²) in [4.78, 5) is 0. The first kappa shape index (κ1) is 12.3. The van der Waals surface area contributed by atoms with Crippen LogP contribution in [0.1, 0.15) is 6.92 Å². The molecule has 0 aliphatic heterocycles. The molecule has 1 rings (SSSR count). The van der Waals surface area contributed by atoms with E-state index in [1.165, 1.54) is 5.54 Å². The summed E-state index contributed by atoms with van der Waals surface area (Å²) in [6.07, 6.45) is 0. The molecule has 0 saturated heterocycles. The van der Waals surface area contributed by atoms with Gasteiger partial charge < -0.3 is 5.32 Å². The van der Waals surface area contributed by atoms with Crippen molar-refractivity contribution in [1.82, 2.24) is 0 Å². The number of rotatable bonds is 3. The smallest absolute Gasteiger partial charge is 0.150 e. The largest absolute Gasteiger partial charge is 0.378 e. The van der Waals surface area contributed by atoms with Crippen LogP contribution in [-0.2, 0) is 0 Å². The Balaban J connectivity index is 2.86. The first-order chi connectivity index (χ1) is 7.04. The Bertz CT molecular complexity index is 368. The van der Waals surface area contributed by atoms with Crippen LogP contribution in [0.15, 0.2) is 23.2 Å². The maximum Gasteiger partial charge on any atom is 0.150 e. The molecule has 1 nitrogen and oxygen atoms in total. The second-order valence-electron chi connectivity index (χ2n) is 3.05. The van der Waals surface area contributed by atoms with Gasteiger partial charge in [-0.2, -0.15) is 0 Å². The zero-order valence-electron chi connectivity index (χ0n) is 7.95. The highest BCUT2D eigenvalue weighted by molar-refractivity contribution is 6.33. The molecule has 0 spiro atoms. The Kier molecular flexibility index (Phi) is 4.36. The van der Waals surface area contributed by atoms with Crippen molar-refractivity contribution in [3.8, 4) is 0 Å². The lowest BCUT2D eigenvalue weighted by molar-refractivity contribution is 0.585. The van der Waals surface area contributed by atoms with E-state index in [9.17, 15) is 8.78 Å². The standard InChI is InChI=1S/C10H9Cl2F2N/c1-6(4-11)5-15-10-8(12)2-7(13)3-9(10)14/h2-4,15H,5H2,1H3. The van der Waals surface area contributed by atoms with Gasteiger partial charge in [-0.1, -0.05) is 23.2 Å². The molecule has 0 aromatic heterocycles. The number of nitrogens with one attached hydrogen (secondary N) is 1. The van der Waals surface area contributed by atoms with Crippen LogP contribution >= 0.6 is 23.2 Å². The number of hydrogen-bond acceptors (Lipinski definition) is 1. The van der Waals surface area contributed by atoms with E-state index >= 15 is 0 Å². The van der Waals surface area contributed by atoms with Crippen LogP contribution in [0.25, 0.3) is 0 Å². The van der Waals surface area contributed by atoms with Crippen molar-refractivity contribution in [3.63, 3.8) is 0 Å². The average molecular weight is 252 g/mol. The molecular formula is C10H9Cl2F2N. The number of anilines is 1. The Morgan fingerprint density at radius 2 is 2.13 bits per heavy atom. The van der Waals surface area contributed by atoms with Crippen molar-refractivity contribution in [3.05, 3.63) is 39.9 Å². The minimum Gasteiger partial charge on any atom is -0.378 e. The summed E-state index contributed by atoms with van der Waals surface area (Å²) in [7, 11) is 0. The number of benzene rings is 1. The molecule has 1 aromatic carbocycles.